The van der Waals surface area contributed by atoms with Crippen LogP contribution >= 0.6 is 24.0 Å². The van der Waals surface area contributed by atoms with Gasteiger partial charge in [0.1, 0.15) is 17.9 Å². The number of aryl methyl sites for hydroxylation is 1. The van der Waals surface area contributed by atoms with Gasteiger partial charge >= 0.3 is 0 Å². The average Bonchev–Trinajstić information content (AvgIpc) is 3.36. The molecule has 3 rings (SSSR count). The van der Waals surface area contributed by atoms with Crippen molar-refractivity contribution in [1.82, 2.24) is 25.0 Å². The lowest BCUT2D eigenvalue weighted by Crippen LogP contribution is -2.40. The molecule has 8 heteroatoms. The monoisotopic (exact) mass is 494 g/mol. The van der Waals surface area contributed by atoms with Gasteiger partial charge in [-0.3, -0.25) is 0 Å². The molecule has 0 bridgehead atoms. The zero-order chi connectivity index (χ0) is 18.9. The van der Waals surface area contributed by atoms with Gasteiger partial charge in [-0.1, -0.05) is 37.3 Å². The highest BCUT2D eigenvalue weighted by Gasteiger charge is 2.09. The first kappa shape index (κ1) is 21.9. The second-order valence-electron chi connectivity index (χ2n) is 6.28. The molecular weight excluding hydrogens is 467 g/mol. The summed E-state index contributed by atoms with van der Waals surface area (Å²) in [5.41, 5.74) is 1.18. The summed E-state index contributed by atoms with van der Waals surface area (Å²) in [4.78, 5) is 6.85. The molecule has 150 valence electrons. The summed E-state index contributed by atoms with van der Waals surface area (Å²) in [6.45, 7) is 4.88. The molecule has 0 spiro atoms. The SMILES string of the molecule is CCc1nncn1CCNC(=NCc1ccccc1)N(C)Cc1ccco1.I. The van der Waals surface area contributed by atoms with Crippen molar-refractivity contribution in [2.45, 2.75) is 33.0 Å². The molecule has 1 N–H and O–H groups in total. The number of halogens is 1. The Bertz CT molecular complexity index is 832. The van der Waals surface area contributed by atoms with Crippen LogP contribution in [0.4, 0.5) is 0 Å². The lowest BCUT2D eigenvalue weighted by molar-refractivity contribution is 0.398. The van der Waals surface area contributed by atoms with E-state index in [1.807, 2.05) is 37.4 Å². The molecule has 0 atom stereocenters. The summed E-state index contributed by atoms with van der Waals surface area (Å²) in [5.74, 6) is 2.73. The fourth-order valence-electron chi connectivity index (χ4n) is 2.80. The molecule has 0 aliphatic carbocycles. The minimum atomic E-state index is 0. The van der Waals surface area contributed by atoms with Crippen LogP contribution in [-0.2, 0) is 26.1 Å². The summed E-state index contributed by atoms with van der Waals surface area (Å²) >= 11 is 0. The number of furan rings is 1. The van der Waals surface area contributed by atoms with Gasteiger partial charge < -0.3 is 19.2 Å². The van der Waals surface area contributed by atoms with E-state index < -0.39 is 0 Å². The number of benzene rings is 1. The maximum absolute atomic E-state index is 5.47. The summed E-state index contributed by atoms with van der Waals surface area (Å²) in [7, 11) is 2.01. The fourth-order valence-corrected chi connectivity index (χ4v) is 2.80. The van der Waals surface area contributed by atoms with Crippen LogP contribution in [0, 0.1) is 0 Å². The van der Waals surface area contributed by atoms with Crippen molar-refractivity contribution >= 4 is 29.9 Å². The van der Waals surface area contributed by atoms with Crippen molar-refractivity contribution in [3.05, 3.63) is 72.2 Å². The van der Waals surface area contributed by atoms with Gasteiger partial charge in [-0.05, 0) is 17.7 Å². The maximum atomic E-state index is 5.47. The van der Waals surface area contributed by atoms with Crippen LogP contribution < -0.4 is 5.32 Å². The Kier molecular flexibility index (Phi) is 8.99. The van der Waals surface area contributed by atoms with Gasteiger partial charge in [0, 0.05) is 26.6 Å². The predicted octanol–water partition coefficient (Wildman–Crippen LogP) is 3.33. The topological polar surface area (TPSA) is 71.5 Å². The van der Waals surface area contributed by atoms with E-state index >= 15 is 0 Å². The van der Waals surface area contributed by atoms with E-state index in [1.54, 1.807) is 12.6 Å². The molecule has 0 saturated carbocycles. The van der Waals surface area contributed by atoms with Crippen molar-refractivity contribution in [2.75, 3.05) is 13.6 Å². The second kappa shape index (κ2) is 11.5. The van der Waals surface area contributed by atoms with Gasteiger partial charge in [-0.25, -0.2) is 4.99 Å². The Morgan fingerprint density at radius 1 is 1.21 bits per heavy atom. The quantitative estimate of drug-likeness (QED) is 0.296. The number of aromatic nitrogens is 3. The third kappa shape index (κ3) is 6.36. The minimum absolute atomic E-state index is 0. The van der Waals surface area contributed by atoms with Gasteiger partial charge in [-0.15, -0.1) is 34.2 Å². The predicted molar refractivity (Wildman–Crippen MR) is 121 cm³/mol. The van der Waals surface area contributed by atoms with Crippen LogP contribution in [0.25, 0.3) is 0 Å². The van der Waals surface area contributed by atoms with Gasteiger partial charge in [0.2, 0.25) is 0 Å². The Morgan fingerprint density at radius 3 is 2.75 bits per heavy atom. The largest absolute Gasteiger partial charge is 0.467 e. The van der Waals surface area contributed by atoms with Crippen LogP contribution in [-0.4, -0.2) is 39.2 Å². The van der Waals surface area contributed by atoms with Crippen LogP contribution in [0.5, 0.6) is 0 Å². The molecule has 2 aromatic heterocycles. The first-order chi connectivity index (χ1) is 13.3. The number of guanidine groups is 1. The van der Waals surface area contributed by atoms with E-state index in [2.05, 4.69) is 44.0 Å². The maximum Gasteiger partial charge on any atom is 0.194 e. The lowest BCUT2D eigenvalue weighted by atomic mass is 10.2. The first-order valence-electron chi connectivity index (χ1n) is 9.18. The number of nitrogens with zero attached hydrogens (tertiary/aromatic N) is 5. The van der Waals surface area contributed by atoms with E-state index in [-0.39, 0.29) is 24.0 Å². The Morgan fingerprint density at radius 2 is 2.04 bits per heavy atom. The highest BCUT2D eigenvalue weighted by Crippen LogP contribution is 2.06. The molecule has 28 heavy (non-hydrogen) atoms. The normalized spacial score (nSPS) is 11.1. The second-order valence-corrected chi connectivity index (χ2v) is 6.28. The van der Waals surface area contributed by atoms with Crippen molar-refractivity contribution in [1.29, 1.82) is 0 Å². The van der Waals surface area contributed by atoms with Gasteiger partial charge in [0.15, 0.2) is 5.96 Å². The number of aliphatic imine (C=N–C) groups is 1. The summed E-state index contributed by atoms with van der Waals surface area (Å²) in [5, 5.41) is 11.6. The summed E-state index contributed by atoms with van der Waals surface area (Å²) in [6.07, 6.45) is 4.33. The summed E-state index contributed by atoms with van der Waals surface area (Å²) in [6, 6.07) is 14.1. The van der Waals surface area contributed by atoms with Crippen LogP contribution in [0.2, 0.25) is 0 Å². The smallest absolute Gasteiger partial charge is 0.194 e. The number of hydrogen-bond donors (Lipinski definition) is 1. The molecule has 0 unspecified atom stereocenters. The van der Waals surface area contributed by atoms with Gasteiger partial charge in [-0.2, -0.15) is 0 Å². The average molecular weight is 494 g/mol. The van der Waals surface area contributed by atoms with Gasteiger partial charge in [0.05, 0.1) is 19.4 Å². The highest BCUT2D eigenvalue weighted by atomic mass is 127. The number of hydrogen-bond acceptors (Lipinski definition) is 4. The standard InChI is InChI=1S/C20H26N6O.HI/c1-3-19-24-23-16-26(19)12-11-21-20(22-14-17-8-5-4-6-9-17)25(2)15-18-10-7-13-27-18;/h4-10,13,16H,3,11-12,14-15H2,1-2H3,(H,21,22);1H. The molecule has 0 amide bonds. The lowest BCUT2D eigenvalue weighted by Gasteiger charge is -2.22. The Balaban J connectivity index is 0.00000280. The minimum Gasteiger partial charge on any atom is -0.467 e. The van der Waals surface area contributed by atoms with Crippen molar-refractivity contribution < 1.29 is 4.42 Å². The van der Waals surface area contributed by atoms with Gasteiger partial charge in [0.25, 0.3) is 0 Å². The number of nitrogens with one attached hydrogen (secondary N) is 1. The van der Waals surface area contributed by atoms with E-state index in [9.17, 15) is 0 Å². The van der Waals surface area contributed by atoms with Crippen LogP contribution in [0.3, 0.4) is 0 Å². The highest BCUT2D eigenvalue weighted by molar-refractivity contribution is 14.0. The molecule has 0 radical (unpaired) electrons. The molecule has 0 fully saturated rings. The zero-order valence-electron chi connectivity index (χ0n) is 16.3. The van der Waals surface area contributed by atoms with Crippen LogP contribution in [0.15, 0.2) is 64.5 Å². The van der Waals surface area contributed by atoms with E-state index in [0.717, 1.165) is 37.1 Å². The molecular formula is C20H27IN6O. The third-order valence-corrected chi connectivity index (χ3v) is 4.24. The van der Waals surface area contributed by atoms with E-state index in [1.165, 1.54) is 5.56 Å². The molecule has 3 aromatic rings. The third-order valence-electron chi connectivity index (χ3n) is 4.24. The fraction of sp³-hybridized carbons (Fsp3) is 0.350. The van der Waals surface area contributed by atoms with Crippen molar-refractivity contribution in [3.63, 3.8) is 0 Å². The van der Waals surface area contributed by atoms with Crippen molar-refractivity contribution in [3.8, 4) is 0 Å². The molecule has 1 aromatic carbocycles. The van der Waals surface area contributed by atoms with E-state index in [4.69, 9.17) is 9.41 Å². The Labute approximate surface area is 182 Å². The summed E-state index contributed by atoms with van der Waals surface area (Å²) < 4.78 is 7.53. The zero-order valence-corrected chi connectivity index (χ0v) is 18.6. The number of rotatable bonds is 8. The van der Waals surface area contributed by atoms with Crippen molar-refractivity contribution in [2.24, 2.45) is 4.99 Å². The van der Waals surface area contributed by atoms with Crippen LogP contribution in [0.1, 0.15) is 24.1 Å². The molecule has 0 aliphatic heterocycles. The Hall–Kier alpha value is -2.36. The first-order valence-corrected chi connectivity index (χ1v) is 9.18. The molecule has 0 saturated heterocycles. The molecule has 7 nitrogen and oxygen atoms in total. The molecule has 0 aliphatic rings. The van der Waals surface area contributed by atoms with E-state index in [0.29, 0.717) is 13.1 Å². The molecule has 2 heterocycles.